The van der Waals surface area contributed by atoms with Crippen LogP contribution in [0, 0.1) is 6.92 Å². The van der Waals surface area contributed by atoms with Crippen molar-refractivity contribution >= 4 is 21.8 Å². The molecule has 0 unspecified atom stereocenters. The number of amides is 1. The highest BCUT2D eigenvalue weighted by atomic mass is 79.9. The van der Waals surface area contributed by atoms with E-state index in [0.29, 0.717) is 24.6 Å². The van der Waals surface area contributed by atoms with Crippen LogP contribution in [0.15, 0.2) is 45.7 Å². The molecular formula is C16H18BrN5O2. The van der Waals surface area contributed by atoms with Crippen LogP contribution in [0.5, 0.6) is 0 Å². The normalized spacial score (nSPS) is 10.9. The van der Waals surface area contributed by atoms with Gasteiger partial charge in [0, 0.05) is 31.7 Å². The van der Waals surface area contributed by atoms with Gasteiger partial charge in [-0.1, -0.05) is 0 Å². The summed E-state index contributed by atoms with van der Waals surface area (Å²) in [5.74, 6) is 0.801. The highest BCUT2D eigenvalue weighted by Crippen LogP contribution is 2.13. The molecule has 1 amide bonds. The van der Waals surface area contributed by atoms with Gasteiger partial charge >= 0.3 is 0 Å². The molecule has 0 radical (unpaired) electrons. The Hall–Kier alpha value is -2.35. The zero-order valence-corrected chi connectivity index (χ0v) is 14.9. The lowest BCUT2D eigenvalue weighted by atomic mass is 10.3. The number of hydrogen-bond acceptors (Lipinski definition) is 4. The first kappa shape index (κ1) is 16.5. The van der Waals surface area contributed by atoms with Gasteiger partial charge in [-0.15, -0.1) is 0 Å². The Balaban J connectivity index is 1.44. The first-order valence-electron chi connectivity index (χ1n) is 7.66. The second-order valence-corrected chi connectivity index (χ2v) is 6.26. The molecule has 24 heavy (non-hydrogen) atoms. The molecule has 0 aliphatic carbocycles. The number of hydrogen-bond donors (Lipinski definition) is 1. The smallest absolute Gasteiger partial charge is 0.286 e. The summed E-state index contributed by atoms with van der Waals surface area (Å²) in [5.41, 5.74) is 0.958. The molecule has 7 nitrogen and oxygen atoms in total. The maximum Gasteiger partial charge on any atom is 0.286 e. The molecule has 8 heteroatoms. The highest BCUT2D eigenvalue weighted by Gasteiger charge is 2.11. The molecule has 0 spiro atoms. The van der Waals surface area contributed by atoms with Crippen molar-refractivity contribution in [3.8, 4) is 0 Å². The third-order valence-electron chi connectivity index (χ3n) is 3.50. The maximum absolute atomic E-state index is 12.1. The van der Waals surface area contributed by atoms with E-state index in [-0.39, 0.29) is 5.91 Å². The van der Waals surface area contributed by atoms with Crippen LogP contribution in [0.25, 0.3) is 0 Å². The lowest BCUT2D eigenvalue weighted by Gasteiger charge is -2.04. The number of furan rings is 1. The zero-order valence-electron chi connectivity index (χ0n) is 13.3. The number of carbonyl (C=O) groups excluding carboxylic acids is 1. The number of nitrogens with one attached hydrogen (secondary N) is 1. The van der Waals surface area contributed by atoms with Crippen molar-refractivity contribution in [1.29, 1.82) is 0 Å². The molecule has 0 bridgehead atoms. The van der Waals surface area contributed by atoms with Crippen LogP contribution in [0.3, 0.4) is 0 Å². The Morgan fingerprint density at radius 2 is 2.25 bits per heavy atom. The average molecular weight is 392 g/mol. The van der Waals surface area contributed by atoms with Crippen LogP contribution < -0.4 is 5.32 Å². The average Bonchev–Trinajstić information content (AvgIpc) is 3.28. The fraction of sp³-hybridized carbons (Fsp3) is 0.312. The summed E-state index contributed by atoms with van der Waals surface area (Å²) in [4.78, 5) is 12.1. The Morgan fingerprint density at radius 3 is 2.96 bits per heavy atom. The number of halogens is 1. The van der Waals surface area contributed by atoms with E-state index in [0.717, 1.165) is 23.1 Å². The Labute approximate surface area is 147 Å². The first-order chi connectivity index (χ1) is 11.6. The van der Waals surface area contributed by atoms with Crippen molar-refractivity contribution in [3.05, 3.63) is 58.5 Å². The molecule has 1 N–H and O–H groups in total. The third kappa shape index (κ3) is 4.14. The minimum Gasteiger partial charge on any atom is -0.454 e. The van der Waals surface area contributed by atoms with E-state index >= 15 is 0 Å². The number of rotatable bonds is 7. The van der Waals surface area contributed by atoms with Crippen molar-refractivity contribution < 1.29 is 9.21 Å². The van der Waals surface area contributed by atoms with E-state index in [1.807, 2.05) is 30.1 Å². The van der Waals surface area contributed by atoms with Crippen LogP contribution in [-0.2, 0) is 13.1 Å². The van der Waals surface area contributed by atoms with E-state index in [4.69, 9.17) is 4.42 Å². The van der Waals surface area contributed by atoms with Gasteiger partial charge in [0.15, 0.2) is 5.76 Å². The summed E-state index contributed by atoms with van der Waals surface area (Å²) < 4.78 is 10.2. The predicted molar refractivity (Wildman–Crippen MR) is 91.7 cm³/mol. The summed E-state index contributed by atoms with van der Waals surface area (Å²) >= 11 is 3.43. The zero-order chi connectivity index (χ0) is 16.9. The monoisotopic (exact) mass is 391 g/mol. The van der Waals surface area contributed by atoms with Crippen LogP contribution >= 0.6 is 15.9 Å². The van der Waals surface area contributed by atoms with Crippen LogP contribution in [0.2, 0.25) is 0 Å². The van der Waals surface area contributed by atoms with E-state index in [1.165, 1.54) is 0 Å². The van der Waals surface area contributed by atoms with Gasteiger partial charge in [0.05, 0.1) is 16.7 Å². The van der Waals surface area contributed by atoms with Crippen LogP contribution in [0.4, 0.5) is 0 Å². The van der Waals surface area contributed by atoms with Crippen molar-refractivity contribution in [2.45, 2.75) is 26.4 Å². The fourth-order valence-electron chi connectivity index (χ4n) is 2.28. The van der Waals surface area contributed by atoms with Crippen molar-refractivity contribution in [3.63, 3.8) is 0 Å². The maximum atomic E-state index is 12.1. The summed E-state index contributed by atoms with van der Waals surface area (Å²) in [5, 5.41) is 11.3. The molecule has 3 aromatic heterocycles. The molecule has 3 heterocycles. The number of aromatic nitrogens is 4. The van der Waals surface area contributed by atoms with Gasteiger partial charge < -0.3 is 9.73 Å². The molecule has 126 valence electrons. The Bertz CT molecular complexity index is 787. The van der Waals surface area contributed by atoms with Gasteiger partial charge in [-0.25, -0.2) is 0 Å². The Morgan fingerprint density at radius 1 is 1.38 bits per heavy atom. The predicted octanol–water partition coefficient (Wildman–Crippen LogP) is 2.61. The molecule has 0 saturated carbocycles. The summed E-state index contributed by atoms with van der Waals surface area (Å²) in [7, 11) is 0. The fourth-order valence-corrected chi connectivity index (χ4v) is 2.59. The third-order valence-corrected chi connectivity index (χ3v) is 4.28. The number of aryl methyl sites for hydroxylation is 2. The van der Waals surface area contributed by atoms with Gasteiger partial charge in [0.2, 0.25) is 0 Å². The van der Waals surface area contributed by atoms with Crippen molar-refractivity contribution in [2.24, 2.45) is 0 Å². The SMILES string of the molecule is Cc1nn(CCCNC(=O)c2ccc(Cn3cccn3)o2)cc1Br. The molecule has 0 aromatic carbocycles. The van der Waals surface area contributed by atoms with E-state index in [9.17, 15) is 4.79 Å². The molecule has 3 aromatic rings. The van der Waals surface area contributed by atoms with Crippen molar-refractivity contribution in [1.82, 2.24) is 24.9 Å². The lowest BCUT2D eigenvalue weighted by Crippen LogP contribution is -2.24. The second kappa shape index (κ2) is 7.48. The summed E-state index contributed by atoms with van der Waals surface area (Å²) in [6, 6.07) is 5.32. The number of carbonyl (C=O) groups is 1. The van der Waals surface area contributed by atoms with Crippen LogP contribution in [0.1, 0.15) is 28.4 Å². The van der Waals surface area contributed by atoms with Gasteiger partial charge in [-0.05, 0) is 47.5 Å². The second-order valence-electron chi connectivity index (χ2n) is 5.40. The lowest BCUT2D eigenvalue weighted by molar-refractivity contribution is 0.0923. The minimum atomic E-state index is -0.209. The molecule has 0 aliphatic rings. The minimum absolute atomic E-state index is 0.209. The molecule has 3 rings (SSSR count). The molecule has 0 saturated heterocycles. The van der Waals surface area contributed by atoms with Crippen LogP contribution in [-0.4, -0.2) is 32.0 Å². The van der Waals surface area contributed by atoms with E-state index in [1.54, 1.807) is 23.0 Å². The summed E-state index contributed by atoms with van der Waals surface area (Å²) in [6.45, 7) is 3.76. The molecular weight excluding hydrogens is 374 g/mol. The van der Waals surface area contributed by atoms with Gasteiger partial charge in [0.1, 0.15) is 5.76 Å². The van der Waals surface area contributed by atoms with Gasteiger partial charge in [-0.3, -0.25) is 14.2 Å². The molecule has 0 atom stereocenters. The molecule has 0 aliphatic heterocycles. The summed E-state index contributed by atoms with van der Waals surface area (Å²) in [6.07, 6.45) is 6.28. The number of nitrogens with zero attached hydrogens (tertiary/aromatic N) is 4. The van der Waals surface area contributed by atoms with E-state index < -0.39 is 0 Å². The van der Waals surface area contributed by atoms with Gasteiger partial charge in [-0.2, -0.15) is 10.2 Å². The quantitative estimate of drug-likeness (QED) is 0.627. The highest BCUT2D eigenvalue weighted by molar-refractivity contribution is 9.10. The van der Waals surface area contributed by atoms with Gasteiger partial charge in [0.25, 0.3) is 5.91 Å². The van der Waals surface area contributed by atoms with Crippen molar-refractivity contribution in [2.75, 3.05) is 6.54 Å². The molecule has 0 fully saturated rings. The van der Waals surface area contributed by atoms with E-state index in [2.05, 4.69) is 31.4 Å². The first-order valence-corrected chi connectivity index (χ1v) is 8.45. The standard InChI is InChI=1S/C16H18BrN5O2/c1-12-14(17)11-22(20-12)9-2-6-18-16(23)15-5-4-13(24-15)10-21-8-3-7-19-21/h3-5,7-8,11H,2,6,9-10H2,1H3,(H,18,23). The largest absolute Gasteiger partial charge is 0.454 e. The Kier molecular flexibility index (Phi) is 5.14. The topological polar surface area (TPSA) is 77.9 Å².